The van der Waals surface area contributed by atoms with Gasteiger partial charge in [0.15, 0.2) is 0 Å². The summed E-state index contributed by atoms with van der Waals surface area (Å²) in [6, 6.07) is 4.62. The molecule has 4 heteroatoms. The van der Waals surface area contributed by atoms with E-state index in [2.05, 4.69) is 0 Å². The molecule has 2 rings (SSSR count). The Balaban J connectivity index is 2.83. The minimum absolute atomic E-state index is 0.310. The van der Waals surface area contributed by atoms with Crippen molar-refractivity contribution in [1.29, 1.82) is 0 Å². The predicted octanol–water partition coefficient (Wildman–Crippen LogP) is 2.14. The van der Waals surface area contributed by atoms with Crippen LogP contribution in [0.15, 0.2) is 23.6 Å². The summed E-state index contributed by atoms with van der Waals surface area (Å²) in [5, 5.41) is 2.17. The lowest BCUT2D eigenvalue weighted by molar-refractivity contribution is 0.100. The number of thiophene rings is 1. The van der Waals surface area contributed by atoms with Crippen LogP contribution in [0.1, 0.15) is 10.4 Å². The van der Waals surface area contributed by atoms with Crippen molar-refractivity contribution in [3.8, 4) is 0 Å². The molecular formula is C9H6FNOS. The molecule has 0 aliphatic carbocycles. The van der Waals surface area contributed by atoms with E-state index in [1.807, 2.05) is 0 Å². The van der Waals surface area contributed by atoms with E-state index < -0.39 is 5.91 Å². The Morgan fingerprint density at radius 1 is 1.46 bits per heavy atom. The van der Waals surface area contributed by atoms with Crippen LogP contribution in [0.5, 0.6) is 0 Å². The monoisotopic (exact) mass is 195 g/mol. The Labute approximate surface area is 77.8 Å². The number of halogens is 1. The highest BCUT2D eigenvalue weighted by Gasteiger charge is 2.10. The molecule has 2 aromatic rings. The molecule has 0 saturated carbocycles. The molecule has 0 aliphatic rings. The number of carbonyl (C=O) groups is 1. The van der Waals surface area contributed by atoms with Crippen molar-refractivity contribution in [2.45, 2.75) is 0 Å². The molecule has 66 valence electrons. The molecule has 1 amide bonds. The number of fused-ring (bicyclic) bond motifs is 1. The van der Waals surface area contributed by atoms with E-state index in [1.165, 1.54) is 17.4 Å². The zero-order valence-corrected chi connectivity index (χ0v) is 7.40. The van der Waals surface area contributed by atoms with E-state index in [1.54, 1.807) is 17.5 Å². The highest BCUT2D eigenvalue weighted by Crippen LogP contribution is 2.27. The number of benzene rings is 1. The second-order valence-corrected chi connectivity index (χ2v) is 3.51. The SMILES string of the molecule is NC(=O)c1csc2c(F)cccc12. The fourth-order valence-electron chi connectivity index (χ4n) is 1.21. The largest absolute Gasteiger partial charge is 0.366 e. The topological polar surface area (TPSA) is 43.1 Å². The fourth-order valence-corrected chi connectivity index (χ4v) is 2.18. The second-order valence-electron chi connectivity index (χ2n) is 2.63. The zero-order valence-electron chi connectivity index (χ0n) is 6.58. The van der Waals surface area contributed by atoms with Gasteiger partial charge >= 0.3 is 0 Å². The summed E-state index contributed by atoms with van der Waals surface area (Å²) in [4.78, 5) is 10.9. The number of carbonyl (C=O) groups excluding carboxylic acids is 1. The molecule has 1 aromatic carbocycles. The molecular weight excluding hydrogens is 189 g/mol. The zero-order chi connectivity index (χ0) is 9.42. The summed E-state index contributed by atoms with van der Waals surface area (Å²) in [7, 11) is 0. The second kappa shape index (κ2) is 2.81. The molecule has 0 aliphatic heterocycles. The van der Waals surface area contributed by atoms with Crippen LogP contribution in [0.4, 0.5) is 4.39 Å². The maximum atomic E-state index is 13.1. The molecule has 0 saturated heterocycles. The third-order valence-electron chi connectivity index (χ3n) is 1.82. The predicted molar refractivity (Wildman–Crippen MR) is 50.3 cm³/mol. The van der Waals surface area contributed by atoms with E-state index >= 15 is 0 Å². The lowest BCUT2D eigenvalue weighted by atomic mass is 10.2. The molecule has 0 atom stereocenters. The minimum Gasteiger partial charge on any atom is -0.366 e. The molecule has 1 heterocycles. The van der Waals surface area contributed by atoms with Gasteiger partial charge in [-0.25, -0.2) is 4.39 Å². The van der Waals surface area contributed by atoms with Crippen LogP contribution in [0.25, 0.3) is 10.1 Å². The summed E-state index contributed by atoms with van der Waals surface area (Å²) in [6.45, 7) is 0. The van der Waals surface area contributed by atoms with Gasteiger partial charge in [0.25, 0.3) is 0 Å². The number of hydrogen-bond donors (Lipinski definition) is 1. The van der Waals surface area contributed by atoms with Gasteiger partial charge in [0.1, 0.15) is 5.82 Å². The quantitative estimate of drug-likeness (QED) is 0.744. The molecule has 13 heavy (non-hydrogen) atoms. The van der Waals surface area contributed by atoms with Crippen LogP contribution in [-0.4, -0.2) is 5.91 Å². The van der Waals surface area contributed by atoms with Crippen molar-refractivity contribution in [3.05, 3.63) is 35.0 Å². The fraction of sp³-hybridized carbons (Fsp3) is 0. The van der Waals surface area contributed by atoms with Crippen LogP contribution < -0.4 is 5.73 Å². The van der Waals surface area contributed by atoms with E-state index in [0.29, 0.717) is 15.6 Å². The number of rotatable bonds is 1. The average Bonchev–Trinajstić information content (AvgIpc) is 2.48. The van der Waals surface area contributed by atoms with E-state index in [4.69, 9.17) is 5.73 Å². The first-order valence-electron chi connectivity index (χ1n) is 3.65. The number of primary amides is 1. The maximum Gasteiger partial charge on any atom is 0.250 e. The summed E-state index contributed by atoms with van der Waals surface area (Å²) in [5.41, 5.74) is 5.51. The van der Waals surface area contributed by atoms with E-state index in [-0.39, 0.29) is 5.82 Å². The molecule has 2 nitrogen and oxygen atoms in total. The lowest BCUT2D eigenvalue weighted by Crippen LogP contribution is -2.09. The van der Waals surface area contributed by atoms with E-state index in [9.17, 15) is 9.18 Å². The number of amides is 1. The molecule has 0 radical (unpaired) electrons. The minimum atomic E-state index is -0.517. The summed E-state index contributed by atoms with van der Waals surface area (Å²) < 4.78 is 13.6. The average molecular weight is 195 g/mol. The third kappa shape index (κ3) is 1.19. The Hall–Kier alpha value is -1.42. The molecule has 0 unspecified atom stereocenters. The first-order valence-corrected chi connectivity index (χ1v) is 4.53. The van der Waals surface area contributed by atoms with Gasteiger partial charge in [-0.1, -0.05) is 12.1 Å². The van der Waals surface area contributed by atoms with Crippen molar-refractivity contribution in [3.63, 3.8) is 0 Å². The Morgan fingerprint density at radius 2 is 2.23 bits per heavy atom. The Bertz CT molecular complexity index is 477. The van der Waals surface area contributed by atoms with Gasteiger partial charge in [0.05, 0.1) is 10.3 Å². The van der Waals surface area contributed by atoms with Crippen LogP contribution in [-0.2, 0) is 0 Å². The molecule has 0 bridgehead atoms. The van der Waals surface area contributed by atoms with Gasteiger partial charge in [0.2, 0.25) is 5.91 Å². The van der Waals surface area contributed by atoms with Crippen molar-refractivity contribution < 1.29 is 9.18 Å². The van der Waals surface area contributed by atoms with Gasteiger partial charge in [-0.05, 0) is 6.07 Å². The number of nitrogens with two attached hydrogens (primary N) is 1. The Kier molecular flexibility index (Phi) is 1.77. The summed E-state index contributed by atoms with van der Waals surface area (Å²) in [5.74, 6) is -0.827. The first kappa shape index (κ1) is 8.19. The van der Waals surface area contributed by atoms with Crippen molar-refractivity contribution in [1.82, 2.24) is 0 Å². The van der Waals surface area contributed by atoms with Crippen LogP contribution in [0.3, 0.4) is 0 Å². The van der Waals surface area contributed by atoms with Crippen molar-refractivity contribution >= 4 is 27.3 Å². The van der Waals surface area contributed by atoms with E-state index in [0.717, 1.165) is 0 Å². The summed E-state index contributed by atoms with van der Waals surface area (Å²) in [6.07, 6.45) is 0. The molecule has 0 fully saturated rings. The first-order chi connectivity index (χ1) is 6.20. The van der Waals surface area contributed by atoms with Crippen molar-refractivity contribution in [2.75, 3.05) is 0 Å². The highest BCUT2D eigenvalue weighted by molar-refractivity contribution is 7.17. The normalized spacial score (nSPS) is 10.5. The van der Waals surface area contributed by atoms with Gasteiger partial charge < -0.3 is 5.73 Å². The molecule has 2 N–H and O–H groups in total. The Morgan fingerprint density at radius 3 is 2.92 bits per heavy atom. The van der Waals surface area contributed by atoms with Crippen molar-refractivity contribution in [2.24, 2.45) is 5.73 Å². The summed E-state index contributed by atoms with van der Waals surface area (Å²) >= 11 is 1.19. The van der Waals surface area contributed by atoms with Crippen LogP contribution in [0.2, 0.25) is 0 Å². The standard InChI is InChI=1S/C9H6FNOS/c10-7-3-1-2-5-6(9(11)12)4-13-8(5)7/h1-4H,(H2,11,12). The number of hydrogen-bond acceptors (Lipinski definition) is 2. The van der Waals surface area contributed by atoms with Gasteiger partial charge in [-0.2, -0.15) is 0 Å². The van der Waals surface area contributed by atoms with Gasteiger partial charge in [-0.15, -0.1) is 11.3 Å². The molecule has 1 aromatic heterocycles. The maximum absolute atomic E-state index is 13.1. The molecule has 0 spiro atoms. The van der Waals surface area contributed by atoms with Crippen LogP contribution in [0, 0.1) is 5.82 Å². The van der Waals surface area contributed by atoms with Gasteiger partial charge in [0, 0.05) is 10.8 Å². The third-order valence-corrected chi connectivity index (χ3v) is 2.82. The lowest BCUT2D eigenvalue weighted by Gasteiger charge is -1.93. The van der Waals surface area contributed by atoms with Gasteiger partial charge in [-0.3, -0.25) is 4.79 Å². The highest BCUT2D eigenvalue weighted by atomic mass is 32.1. The van der Waals surface area contributed by atoms with Crippen LogP contribution >= 0.6 is 11.3 Å². The smallest absolute Gasteiger partial charge is 0.250 e.